The minimum absolute atomic E-state index is 0.0569. The summed E-state index contributed by atoms with van der Waals surface area (Å²) in [5.74, 6) is 0. The lowest BCUT2D eigenvalue weighted by molar-refractivity contribution is 0.610. The number of unbranched alkanes of at least 4 members (excludes halogenated alkanes) is 1. The lowest BCUT2D eigenvalue weighted by Crippen LogP contribution is -2.21. The molecule has 6 heteroatoms. The van der Waals surface area contributed by atoms with Crippen molar-refractivity contribution in [2.75, 3.05) is 0 Å². The number of aryl methyl sites for hydroxylation is 2. The number of hydrogen-bond acceptors (Lipinski definition) is 4. The summed E-state index contributed by atoms with van der Waals surface area (Å²) in [4.78, 5) is 22.5. The Hall–Kier alpha value is -1.46. The first kappa shape index (κ1) is 14.5. The number of aromatic nitrogens is 3. The molecular formula is C15H16ClN3OS. The van der Waals surface area contributed by atoms with E-state index in [4.69, 9.17) is 11.6 Å². The molecule has 0 saturated heterocycles. The van der Waals surface area contributed by atoms with Gasteiger partial charge in [-0.15, -0.1) is 11.3 Å². The van der Waals surface area contributed by atoms with Crippen LogP contribution >= 0.6 is 22.9 Å². The first-order valence-electron chi connectivity index (χ1n) is 6.99. The van der Waals surface area contributed by atoms with Gasteiger partial charge in [-0.05, 0) is 43.5 Å². The second-order valence-corrected chi connectivity index (χ2v) is 6.57. The van der Waals surface area contributed by atoms with Gasteiger partial charge >= 0.3 is 0 Å². The molecule has 0 saturated carbocycles. The first-order chi connectivity index (χ1) is 10.0. The molecule has 0 unspecified atom stereocenters. The Kier molecular flexibility index (Phi) is 3.71. The van der Waals surface area contributed by atoms with E-state index in [1.54, 1.807) is 4.57 Å². The molecule has 0 N–H and O–H groups in total. The molecule has 0 aromatic carbocycles. The van der Waals surface area contributed by atoms with E-state index >= 15 is 0 Å². The molecule has 0 aliphatic rings. The molecule has 0 spiro atoms. The second kappa shape index (κ2) is 5.39. The van der Waals surface area contributed by atoms with Crippen molar-refractivity contribution in [3.8, 4) is 0 Å². The summed E-state index contributed by atoms with van der Waals surface area (Å²) in [6.45, 7) is 6.66. The normalized spacial score (nSPS) is 11.6. The van der Waals surface area contributed by atoms with Crippen molar-refractivity contribution in [3.63, 3.8) is 0 Å². The van der Waals surface area contributed by atoms with Gasteiger partial charge in [-0.3, -0.25) is 9.36 Å². The van der Waals surface area contributed by atoms with Crippen LogP contribution in [0.25, 0.3) is 20.4 Å². The molecule has 0 fully saturated rings. The first-order valence-corrected chi connectivity index (χ1v) is 8.19. The van der Waals surface area contributed by atoms with Gasteiger partial charge < -0.3 is 0 Å². The van der Waals surface area contributed by atoms with Crippen LogP contribution in [-0.4, -0.2) is 14.5 Å². The third-order valence-corrected chi connectivity index (χ3v) is 4.91. The summed E-state index contributed by atoms with van der Waals surface area (Å²) in [5.41, 5.74) is 2.66. The van der Waals surface area contributed by atoms with Crippen LogP contribution < -0.4 is 5.56 Å². The summed E-state index contributed by atoms with van der Waals surface area (Å²) in [7, 11) is 0. The molecule has 21 heavy (non-hydrogen) atoms. The van der Waals surface area contributed by atoms with Crippen LogP contribution in [-0.2, 0) is 6.54 Å². The van der Waals surface area contributed by atoms with Gasteiger partial charge in [-0.2, -0.15) is 0 Å². The van der Waals surface area contributed by atoms with E-state index in [0.29, 0.717) is 16.8 Å². The fourth-order valence-electron chi connectivity index (χ4n) is 2.54. The van der Waals surface area contributed by atoms with Crippen LogP contribution in [0.1, 0.15) is 31.0 Å². The smallest absolute Gasteiger partial charge is 0.272 e. The monoisotopic (exact) mass is 321 g/mol. The van der Waals surface area contributed by atoms with Crippen molar-refractivity contribution in [3.05, 3.63) is 33.0 Å². The van der Waals surface area contributed by atoms with E-state index in [-0.39, 0.29) is 10.8 Å². The molecule has 0 amide bonds. The van der Waals surface area contributed by atoms with Crippen LogP contribution in [0.2, 0.25) is 5.28 Å². The second-order valence-electron chi connectivity index (χ2n) is 5.23. The molecule has 0 bridgehead atoms. The van der Waals surface area contributed by atoms with Gasteiger partial charge in [-0.25, -0.2) is 9.97 Å². The highest BCUT2D eigenvalue weighted by Gasteiger charge is 2.17. The number of rotatable bonds is 3. The predicted octanol–water partition coefficient (Wildman–Crippen LogP) is 4.08. The van der Waals surface area contributed by atoms with E-state index < -0.39 is 0 Å². The fourth-order valence-corrected chi connectivity index (χ4v) is 3.97. The molecule has 4 nitrogen and oxygen atoms in total. The number of thiophene rings is 1. The lowest BCUT2D eigenvalue weighted by atomic mass is 10.1. The molecule has 3 heterocycles. The standard InChI is InChI=1S/C15H16ClN3OS/c1-4-5-6-19-14(20)12-11(18-15(19)16)10-8(2)7-9(3)17-13(10)21-12/h7H,4-6H2,1-3H3. The number of halogens is 1. The summed E-state index contributed by atoms with van der Waals surface area (Å²) in [6, 6.07) is 2.01. The molecular weight excluding hydrogens is 306 g/mol. The van der Waals surface area contributed by atoms with E-state index in [1.807, 2.05) is 19.9 Å². The average Bonchev–Trinajstić information content (AvgIpc) is 2.77. The summed E-state index contributed by atoms with van der Waals surface area (Å²) in [5, 5.41) is 1.21. The van der Waals surface area contributed by atoms with Crippen LogP contribution in [0.3, 0.4) is 0 Å². The maximum absolute atomic E-state index is 12.6. The Morgan fingerprint density at radius 3 is 2.81 bits per heavy atom. The van der Waals surface area contributed by atoms with E-state index in [2.05, 4.69) is 16.9 Å². The fraction of sp³-hybridized carbons (Fsp3) is 0.400. The predicted molar refractivity (Wildman–Crippen MR) is 88.6 cm³/mol. The highest BCUT2D eigenvalue weighted by atomic mass is 35.5. The van der Waals surface area contributed by atoms with Crippen LogP contribution in [0.15, 0.2) is 10.9 Å². The van der Waals surface area contributed by atoms with Crippen LogP contribution in [0, 0.1) is 13.8 Å². The molecule has 0 aliphatic carbocycles. The summed E-state index contributed by atoms with van der Waals surface area (Å²) in [6.07, 6.45) is 1.92. The van der Waals surface area contributed by atoms with Crippen molar-refractivity contribution < 1.29 is 0 Å². The van der Waals surface area contributed by atoms with Crippen molar-refractivity contribution in [2.45, 2.75) is 40.2 Å². The highest BCUT2D eigenvalue weighted by Crippen LogP contribution is 2.32. The third-order valence-electron chi connectivity index (χ3n) is 3.56. The maximum Gasteiger partial charge on any atom is 0.272 e. The van der Waals surface area contributed by atoms with Crippen LogP contribution in [0.4, 0.5) is 0 Å². The van der Waals surface area contributed by atoms with Crippen LogP contribution in [0.5, 0.6) is 0 Å². The largest absolute Gasteiger partial charge is 0.282 e. The van der Waals surface area contributed by atoms with Gasteiger partial charge in [-0.1, -0.05) is 13.3 Å². The molecule has 0 atom stereocenters. The van der Waals surface area contributed by atoms with Gasteiger partial charge in [0.15, 0.2) is 0 Å². The molecule has 0 aliphatic heterocycles. The zero-order valence-electron chi connectivity index (χ0n) is 12.2. The molecule has 3 aromatic heterocycles. The van der Waals surface area contributed by atoms with E-state index in [9.17, 15) is 4.79 Å². The number of hydrogen-bond donors (Lipinski definition) is 0. The maximum atomic E-state index is 12.6. The van der Waals surface area contributed by atoms with Gasteiger partial charge in [0.2, 0.25) is 5.28 Å². The van der Waals surface area contributed by atoms with Crippen molar-refractivity contribution in [2.24, 2.45) is 0 Å². The van der Waals surface area contributed by atoms with Gasteiger partial charge in [0.05, 0.1) is 5.52 Å². The zero-order chi connectivity index (χ0) is 15.1. The highest BCUT2D eigenvalue weighted by molar-refractivity contribution is 7.25. The van der Waals surface area contributed by atoms with Gasteiger partial charge in [0, 0.05) is 17.6 Å². The Labute approximate surface area is 131 Å². The third kappa shape index (κ3) is 2.34. The van der Waals surface area contributed by atoms with E-state index in [1.165, 1.54) is 11.3 Å². The SMILES string of the molecule is CCCCn1c(Cl)nc2c(sc3nc(C)cc(C)c32)c1=O. The average molecular weight is 322 g/mol. The zero-order valence-corrected chi connectivity index (χ0v) is 13.8. The summed E-state index contributed by atoms with van der Waals surface area (Å²) >= 11 is 7.63. The van der Waals surface area contributed by atoms with Crippen molar-refractivity contribution >= 4 is 43.4 Å². The molecule has 0 radical (unpaired) electrons. The van der Waals surface area contributed by atoms with Gasteiger partial charge in [0.1, 0.15) is 9.53 Å². The number of pyridine rings is 1. The Bertz CT molecular complexity index is 897. The van der Waals surface area contributed by atoms with Crippen molar-refractivity contribution in [1.82, 2.24) is 14.5 Å². The number of fused-ring (bicyclic) bond motifs is 3. The lowest BCUT2D eigenvalue weighted by Gasteiger charge is -2.06. The molecule has 3 rings (SSSR count). The molecule has 3 aromatic rings. The van der Waals surface area contributed by atoms with Crippen molar-refractivity contribution in [1.29, 1.82) is 0 Å². The van der Waals surface area contributed by atoms with E-state index in [0.717, 1.165) is 34.3 Å². The topological polar surface area (TPSA) is 47.8 Å². The quantitative estimate of drug-likeness (QED) is 0.683. The number of nitrogens with zero attached hydrogens (tertiary/aromatic N) is 3. The minimum atomic E-state index is -0.0569. The van der Waals surface area contributed by atoms with Gasteiger partial charge in [0.25, 0.3) is 5.56 Å². The Morgan fingerprint density at radius 1 is 1.33 bits per heavy atom. The Morgan fingerprint density at radius 2 is 2.10 bits per heavy atom. The Balaban J connectivity index is 2.37. The minimum Gasteiger partial charge on any atom is -0.282 e. The summed E-state index contributed by atoms with van der Waals surface area (Å²) < 4.78 is 2.21. The molecule has 110 valence electrons.